The largest absolute Gasteiger partial charge is 0.343 e. The number of nitrogens with zero attached hydrogens (tertiary/aromatic N) is 1. The van der Waals surface area contributed by atoms with Crippen LogP contribution in [0.2, 0.25) is 6.82 Å². The molecule has 5 aromatic rings. The molecule has 0 saturated carbocycles. The molecule has 0 amide bonds. The minimum atomic E-state index is -0.260. The highest BCUT2D eigenvalue weighted by Gasteiger charge is 2.46. The van der Waals surface area contributed by atoms with E-state index in [0.29, 0.717) is 0 Å². The van der Waals surface area contributed by atoms with Crippen LogP contribution in [0.25, 0.3) is 33.5 Å². The SMILES string of the molecule is C[B]C1=C=C2C(=C(c3ccc(C(C)(C)C)cc3)/C1=C(\c1c(C)cc(C)cc1C)c1c(C3=CC=C(C(C)(C)C)CC3)c3c(n1C)-c1ccccc1C3(C)C)C(C)(C)c1ccccc12. The predicted octanol–water partition coefficient (Wildman–Crippen LogP) is 15.6. The molecule has 0 atom stereocenters. The summed E-state index contributed by atoms with van der Waals surface area (Å²) in [5.41, 5.74) is 33.2. The van der Waals surface area contributed by atoms with E-state index in [1.54, 1.807) is 0 Å². The van der Waals surface area contributed by atoms with E-state index >= 15 is 0 Å². The maximum atomic E-state index is 4.18. The lowest BCUT2D eigenvalue weighted by molar-refractivity contribution is 0.482. The Morgan fingerprint density at radius 3 is 1.87 bits per heavy atom. The van der Waals surface area contributed by atoms with Crippen molar-refractivity contribution in [1.29, 1.82) is 0 Å². The van der Waals surface area contributed by atoms with E-state index < -0.39 is 0 Å². The molecule has 0 N–H and O–H groups in total. The Morgan fingerprint density at radius 1 is 0.710 bits per heavy atom. The van der Waals surface area contributed by atoms with Gasteiger partial charge in [0.15, 0.2) is 7.28 Å². The zero-order valence-electron chi connectivity index (χ0n) is 40.2. The topological polar surface area (TPSA) is 4.93 Å². The van der Waals surface area contributed by atoms with Crippen molar-refractivity contribution in [3.8, 4) is 11.3 Å². The number of fused-ring (bicyclic) bond motifs is 6. The zero-order valence-corrected chi connectivity index (χ0v) is 40.2. The minimum Gasteiger partial charge on any atom is -0.343 e. The second kappa shape index (κ2) is 14.4. The molecule has 1 heterocycles. The molecule has 0 fully saturated rings. The Kier molecular flexibility index (Phi) is 9.74. The van der Waals surface area contributed by atoms with E-state index in [1.165, 1.54) is 117 Å². The fourth-order valence-electron chi connectivity index (χ4n) is 11.7. The van der Waals surface area contributed by atoms with Gasteiger partial charge in [-0.25, -0.2) is 0 Å². The van der Waals surface area contributed by atoms with E-state index in [2.05, 4.69) is 219 Å². The Labute approximate surface area is 374 Å². The standard InChI is InChI=1S/C60H65BN/c1-35-32-36(2)48(37(3)33-35)52(56-50(39-26-30-41(31-27-39)58(7,8)9)54-55(62(56)15)43-21-17-19-23-46(43)60(54,12)13)51-47(61-14)34-44-42-20-16-18-22-45(42)59(10,11)53(44)49(51)38-24-28-40(29-25-38)57(4,5)6/h16-26,28-30,32-33H,27,31H2,1-15H3/b52-51+. The van der Waals surface area contributed by atoms with Gasteiger partial charge >= 0.3 is 0 Å². The van der Waals surface area contributed by atoms with E-state index in [1.807, 2.05) is 0 Å². The van der Waals surface area contributed by atoms with Crippen molar-refractivity contribution in [1.82, 2.24) is 4.57 Å². The van der Waals surface area contributed by atoms with Gasteiger partial charge in [0, 0.05) is 40.2 Å². The molecule has 62 heavy (non-hydrogen) atoms. The summed E-state index contributed by atoms with van der Waals surface area (Å²) in [6, 6.07) is 32.6. The number of aromatic nitrogens is 1. The van der Waals surface area contributed by atoms with Crippen molar-refractivity contribution >= 4 is 29.6 Å². The minimum absolute atomic E-state index is 0.0374. The van der Waals surface area contributed by atoms with Gasteiger partial charge in [0.2, 0.25) is 0 Å². The Hall–Kier alpha value is -5.30. The molecule has 0 saturated heterocycles. The van der Waals surface area contributed by atoms with Crippen molar-refractivity contribution in [2.75, 3.05) is 0 Å². The smallest absolute Gasteiger partial charge is 0.160 e. The third-order valence-corrected chi connectivity index (χ3v) is 14.8. The fourth-order valence-corrected chi connectivity index (χ4v) is 11.7. The predicted molar refractivity (Wildman–Crippen MR) is 268 cm³/mol. The molecule has 0 spiro atoms. The molecule has 1 nitrogen and oxygen atoms in total. The number of rotatable bonds is 5. The summed E-state index contributed by atoms with van der Waals surface area (Å²) >= 11 is 0. The number of benzene rings is 4. The van der Waals surface area contributed by atoms with Crippen molar-refractivity contribution < 1.29 is 0 Å². The van der Waals surface area contributed by atoms with Crippen molar-refractivity contribution in [3.63, 3.8) is 0 Å². The van der Waals surface area contributed by atoms with Crippen LogP contribution in [-0.4, -0.2) is 11.8 Å². The highest BCUT2D eigenvalue weighted by Crippen LogP contribution is 2.60. The average Bonchev–Trinajstić information content (AvgIpc) is 3.74. The van der Waals surface area contributed by atoms with Gasteiger partial charge in [-0.2, -0.15) is 0 Å². The summed E-state index contributed by atoms with van der Waals surface area (Å²) in [5.74, 6) is 0. The summed E-state index contributed by atoms with van der Waals surface area (Å²) in [5, 5.41) is 0. The van der Waals surface area contributed by atoms with Crippen LogP contribution in [0.1, 0.15) is 149 Å². The van der Waals surface area contributed by atoms with Crippen LogP contribution in [-0.2, 0) is 23.3 Å². The van der Waals surface area contributed by atoms with Crippen LogP contribution in [0, 0.1) is 26.2 Å². The molecule has 2 heteroatoms. The van der Waals surface area contributed by atoms with Gasteiger partial charge in [-0.1, -0.05) is 184 Å². The summed E-state index contributed by atoms with van der Waals surface area (Å²) in [6.07, 6.45) is 7.00. The lowest BCUT2D eigenvalue weighted by Gasteiger charge is -2.33. The second-order valence-corrected chi connectivity index (χ2v) is 21.8. The molecule has 9 rings (SSSR count). The normalized spacial score (nSPS) is 18.3. The summed E-state index contributed by atoms with van der Waals surface area (Å²) in [4.78, 5) is 0. The van der Waals surface area contributed by atoms with Crippen LogP contribution in [0.5, 0.6) is 0 Å². The van der Waals surface area contributed by atoms with Crippen LogP contribution < -0.4 is 0 Å². The fraction of sp³-hybridized carbons (Fsp3) is 0.350. The highest BCUT2D eigenvalue weighted by atomic mass is 15.0. The van der Waals surface area contributed by atoms with Crippen LogP contribution in [0.4, 0.5) is 0 Å². The highest BCUT2D eigenvalue weighted by molar-refractivity contribution is 6.48. The first-order chi connectivity index (χ1) is 29.2. The van der Waals surface area contributed by atoms with E-state index in [4.69, 9.17) is 0 Å². The first-order valence-corrected chi connectivity index (χ1v) is 23.0. The average molecular weight is 811 g/mol. The molecule has 0 unspecified atom stereocenters. The molecule has 4 aromatic carbocycles. The quantitative estimate of drug-likeness (QED) is 0.123. The first kappa shape index (κ1) is 42.0. The molecule has 0 bridgehead atoms. The summed E-state index contributed by atoms with van der Waals surface area (Å²) < 4.78 is 2.61. The van der Waals surface area contributed by atoms with E-state index in [-0.39, 0.29) is 21.7 Å². The van der Waals surface area contributed by atoms with Gasteiger partial charge in [-0.05, 0) is 122 Å². The Balaban J connectivity index is 1.53. The maximum absolute atomic E-state index is 4.18. The molecule has 313 valence electrons. The molecule has 4 aliphatic rings. The Morgan fingerprint density at radius 2 is 1.31 bits per heavy atom. The van der Waals surface area contributed by atoms with Gasteiger partial charge < -0.3 is 4.57 Å². The van der Waals surface area contributed by atoms with Crippen LogP contribution in [0.3, 0.4) is 0 Å². The molecule has 1 radical (unpaired) electrons. The number of aryl methyl sites for hydroxylation is 3. The summed E-state index contributed by atoms with van der Waals surface area (Å²) in [6.45, 7) is 33.0. The van der Waals surface area contributed by atoms with Crippen molar-refractivity contribution in [2.24, 2.45) is 12.5 Å². The summed E-state index contributed by atoms with van der Waals surface area (Å²) in [7, 11) is 4.70. The number of hydrogen-bond donors (Lipinski definition) is 0. The lowest BCUT2D eigenvalue weighted by atomic mass is 9.61. The van der Waals surface area contributed by atoms with Gasteiger partial charge in [0.1, 0.15) is 0 Å². The number of allylic oxidation sites excluding steroid dienone is 8. The number of hydrogen-bond acceptors (Lipinski definition) is 0. The van der Waals surface area contributed by atoms with Gasteiger partial charge in [-0.15, -0.1) is 5.73 Å². The Bertz CT molecular complexity index is 2910. The maximum Gasteiger partial charge on any atom is 0.160 e. The van der Waals surface area contributed by atoms with Crippen LogP contribution >= 0.6 is 0 Å². The molecular formula is C60H65BN. The first-order valence-electron chi connectivity index (χ1n) is 23.0. The monoisotopic (exact) mass is 811 g/mol. The molecule has 4 aliphatic carbocycles. The van der Waals surface area contributed by atoms with E-state index in [9.17, 15) is 0 Å². The van der Waals surface area contributed by atoms with Gasteiger partial charge in [0.25, 0.3) is 0 Å². The van der Waals surface area contributed by atoms with Gasteiger partial charge in [0.05, 0.1) is 11.4 Å². The van der Waals surface area contributed by atoms with Crippen molar-refractivity contribution in [3.05, 3.63) is 192 Å². The lowest BCUT2D eigenvalue weighted by Crippen LogP contribution is -2.21. The molecule has 1 aromatic heterocycles. The zero-order chi connectivity index (χ0) is 44.4. The van der Waals surface area contributed by atoms with Crippen LogP contribution in [0.15, 0.2) is 125 Å². The molecular weight excluding hydrogens is 745 g/mol. The van der Waals surface area contributed by atoms with Crippen molar-refractivity contribution in [2.45, 2.75) is 126 Å². The van der Waals surface area contributed by atoms with E-state index in [0.717, 1.165) is 18.3 Å². The second-order valence-electron chi connectivity index (χ2n) is 21.8. The third kappa shape index (κ3) is 6.26. The van der Waals surface area contributed by atoms with Gasteiger partial charge in [-0.3, -0.25) is 0 Å². The third-order valence-electron chi connectivity index (χ3n) is 14.8. The molecule has 0 aliphatic heterocycles.